The van der Waals surface area contributed by atoms with E-state index in [0.717, 1.165) is 22.6 Å². The van der Waals surface area contributed by atoms with Crippen molar-refractivity contribution in [2.24, 2.45) is 0 Å². The van der Waals surface area contributed by atoms with E-state index in [1.807, 2.05) is 0 Å². The minimum absolute atomic E-state index is 0.119. The first-order valence-electron chi connectivity index (χ1n) is 9.71. The fourth-order valence-electron chi connectivity index (χ4n) is 3.48. The first kappa shape index (κ1) is 22.2. The maximum Gasteiger partial charge on any atom is 0.573 e. The first-order chi connectivity index (χ1) is 15.5. The van der Waals surface area contributed by atoms with E-state index in [4.69, 9.17) is 9.47 Å². The summed E-state index contributed by atoms with van der Waals surface area (Å²) in [5.74, 6) is -0.601. The van der Waals surface area contributed by atoms with Crippen LogP contribution in [0.15, 0.2) is 42.5 Å². The van der Waals surface area contributed by atoms with Crippen molar-refractivity contribution in [3.05, 3.63) is 53.6 Å². The number of hydrogen-bond donors (Lipinski definition) is 2. The van der Waals surface area contributed by atoms with Gasteiger partial charge in [0.2, 0.25) is 12.7 Å². The number of amides is 4. The highest BCUT2D eigenvalue weighted by molar-refractivity contribution is 6.09. The SMILES string of the molecule is CC1(c2ccc(OC(F)(F)F)cc2)NC(=O)N(CC(=O)NCc2ccc3c(c2)OCO3)C1=O. The zero-order valence-corrected chi connectivity index (χ0v) is 17.2. The number of carbonyl (C=O) groups excluding carboxylic acids is 3. The Morgan fingerprint density at radius 1 is 1.15 bits per heavy atom. The molecule has 4 rings (SSSR count). The van der Waals surface area contributed by atoms with Gasteiger partial charge in [-0.1, -0.05) is 18.2 Å². The van der Waals surface area contributed by atoms with Crippen LogP contribution in [-0.2, 0) is 21.7 Å². The monoisotopic (exact) mass is 465 g/mol. The van der Waals surface area contributed by atoms with Crippen LogP contribution in [0.4, 0.5) is 18.0 Å². The molecule has 1 saturated heterocycles. The molecule has 2 aliphatic heterocycles. The van der Waals surface area contributed by atoms with Crippen LogP contribution in [0.2, 0.25) is 0 Å². The number of fused-ring (bicyclic) bond motifs is 1. The number of nitrogens with one attached hydrogen (secondary N) is 2. The van der Waals surface area contributed by atoms with E-state index in [9.17, 15) is 27.6 Å². The number of rotatable bonds is 6. The van der Waals surface area contributed by atoms with Crippen LogP contribution in [0.25, 0.3) is 0 Å². The second kappa shape index (κ2) is 8.19. The van der Waals surface area contributed by atoms with E-state index >= 15 is 0 Å². The summed E-state index contributed by atoms with van der Waals surface area (Å²) in [6.07, 6.45) is -4.85. The van der Waals surface area contributed by atoms with Gasteiger partial charge in [-0.25, -0.2) is 4.79 Å². The van der Waals surface area contributed by atoms with Crippen molar-refractivity contribution in [2.45, 2.75) is 25.4 Å². The van der Waals surface area contributed by atoms with E-state index in [0.29, 0.717) is 11.5 Å². The van der Waals surface area contributed by atoms with Gasteiger partial charge in [-0.05, 0) is 42.3 Å². The molecule has 0 spiro atoms. The molecule has 2 aromatic rings. The van der Waals surface area contributed by atoms with E-state index < -0.39 is 42.0 Å². The van der Waals surface area contributed by atoms with Crippen LogP contribution < -0.4 is 24.8 Å². The molecule has 33 heavy (non-hydrogen) atoms. The van der Waals surface area contributed by atoms with Crippen molar-refractivity contribution in [3.8, 4) is 17.2 Å². The van der Waals surface area contributed by atoms with Gasteiger partial charge in [-0.15, -0.1) is 13.2 Å². The minimum atomic E-state index is -4.85. The van der Waals surface area contributed by atoms with E-state index in [-0.39, 0.29) is 18.9 Å². The molecular weight excluding hydrogens is 447 g/mol. The number of hydrogen-bond acceptors (Lipinski definition) is 6. The molecule has 0 radical (unpaired) electrons. The summed E-state index contributed by atoms with van der Waals surface area (Å²) in [6.45, 7) is 1.13. The second-order valence-corrected chi connectivity index (χ2v) is 7.48. The Bertz CT molecular complexity index is 1110. The lowest BCUT2D eigenvalue weighted by molar-refractivity contribution is -0.274. The highest BCUT2D eigenvalue weighted by atomic mass is 19.4. The van der Waals surface area contributed by atoms with Gasteiger partial charge in [-0.2, -0.15) is 0 Å². The molecule has 174 valence electrons. The molecular formula is C21H18F3N3O6. The minimum Gasteiger partial charge on any atom is -0.454 e. The third-order valence-corrected chi connectivity index (χ3v) is 5.17. The van der Waals surface area contributed by atoms with Crippen molar-refractivity contribution in [1.29, 1.82) is 0 Å². The maximum atomic E-state index is 12.9. The molecule has 9 nitrogen and oxygen atoms in total. The van der Waals surface area contributed by atoms with Gasteiger partial charge < -0.3 is 24.8 Å². The summed E-state index contributed by atoms with van der Waals surface area (Å²) in [5.41, 5.74) is -0.583. The molecule has 0 bridgehead atoms. The van der Waals surface area contributed by atoms with Crippen LogP contribution in [0, 0.1) is 0 Å². The van der Waals surface area contributed by atoms with Crippen molar-refractivity contribution >= 4 is 17.8 Å². The average Bonchev–Trinajstić information content (AvgIpc) is 3.30. The Labute approximate surface area is 185 Å². The topological polar surface area (TPSA) is 106 Å². The summed E-state index contributed by atoms with van der Waals surface area (Å²) in [7, 11) is 0. The predicted molar refractivity (Wildman–Crippen MR) is 105 cm³/mol. The summed E-state index contributed by atoms with van der Waals surface area (Å²) < 4.78 is 51.3. The van der Waals surface area contributed by atoms with Crippen LogP contribution in [0.1, 0.15) is 18.1 Å². The van der Waals surface area contributed by atoms with Crippen LogP contribution in [-0.4, -0.2) is 42.4 Å². The molecule has 2 aromatic carbocycles. The fourth-order valence-corrected chi connectivity index (χ4v) is 3.48. The standard InChI is InChI=1S/C21H18F3N3O6/c1-20(13-3-5-14(6-4-13)33-21(22,23)24)18(29)27(19(30)26-20)10-17(28)25-9-12-2-7-15-16(8-12)32-11-31-15/h2-8H,9-11H2,1H3,(H,25,28)(H,26,30). The zero-order valence-electron chi connectivity index (χ0n) is 17.2. The van der Waals surface area contributed by atoms with Crippen LogP contribution in [0.5, 0.6) is 17.2 Å². The lowest BCUT2D eigenvalue weighted by atomic mass is 9.92. The number of imide groups is 1. The molecule has 2 N–H and O–H groups in total. The van der Waals surface area contributed by atoms with Crippen molar-refractivity contribution < 1.29 is 41.8 Å². The molecule has 0 aliphatic carbocycles. The van der Waals surface area contributed by atoms with Gasteiger partial charge in [0.25, 0.3) is 5.91 Å². The molecule has 1 atom stereocenters. The third-order valence-electron chi connectivity index (χ3n) is 5.17. The summed E-state index contributed by atoms with van der Waals surface area (Å²) in [4.78, 5) is 38.4. The number of carbonyl (C=O) groups is 3. The molecule has 1 unspecified atom stereocenters. The Morgan fingerprint density at radius 3 is 2.55 bits per heavy atom. The molecule has 2 heterocycles. The van der Waals surface area contributed by atoms with Crippen LogP contribution >= 0.6 is 0 Å². The number of halogens is 3. The quantitative estimate of drug-likeness (QED) is 0.635. The molecule has 0 aromatic heterocycles. The summed E-state index contributed by atoms with van der Waals surface area (Å²) in [5, 5.41) is 5.11. The number of nitrogens with zero attached hydrogens (tertiary/aromatic N) is 1. The van der Waals surface area contributed by atoms with Crippen LogP contribution in [0.3, 0.4) is 0 Å². The first-order valence-corrected chi connectivity index (χ1v) is 9.71. The highest BCUT2D eigenvalue weighted by Crippen LogP contribution is 2.33. The maximum absolute atomic E-state index is 12.9. The molecule has 12 heteroatoms. The van der Waals surface area contributed by atoms with Crippen molar-refractivity contribution in [3.63, 3.8) is 0 Å². The third kappa shape index (κ3) is 4.64. The summed E-state index contributed by atoms with van der Waals surface area (Å²) >= 11 is 0. The number of ether oxygens (including phenoxy) is 3. The Hall–Kier alpha value is -3.96. The fraction of sp³-hybridized carbons (Fsp3) is 0.286. The normalized spacial score (nSPS) is 19.5. The lowest BCUT2D eigenvalue weighted by Gasteiger charge is -2.22. The van der Waals surface area contributed by atoms with E-state index in [2.05, 4.69) is 15.4 Å². The summed E-state index contributed by atoms with van der Waals surface area (Å²) in [6, 6.07) is 8.91. The smallest absolute Gasteiger partial charge is 0.454 e. The van der Waals surface area contributed by atoms with E-state index in [1.54, 1.807) is 18.2 Å². The van der Waals surface area contributed by atoms with Crippen molar-refractivity contribution in [1.82, 2.24) is 15.5 Å². The number of benzene rings is 2. The zero-order chi connectivity index (χ0) is 23.8. The Balaban J connectivity index is 1.38. The number of alkyl halides is 3. The van der Waals surface area contributed by atoms with Crippen molar-refractivity contribution in [2.75, 3.05) is 13.3 Å². The van der Waals surface area contributed by atoms with E-state index in [1.165, 1.54) is 19.1 Å². The Morgan fingerprint density at radius 2 is 1.85 bits per heavy atom. The van der Waals surface area contributed by atoms with Gasteiger partial charge >= 0.3 is 12.4 Å². The molecule has 0 saturated carbocycles. The molecule has 2 aliphatic rings. The number of urea groups is 1. The Kier molecular flexibility index (Phi) is 5.52. The molecule has 4 amide bonds. The van der Waals surface area contributed by atoms with Gasteiger partial charge in [0.1, 0.15) is 17.8 Å². The van der Waals surface area contributed by atoms with Gasteiger partial charge in [0, 0.05) is 6.54 Å². The predicted octanol–water partition coefficient (Wildman–Crippen LogP) is 2.40. The second-order valence-electron chi connectivity index (χ2n) is 7.48. The highest BCUT2D eigenvalue weighted by Gasteiger charge is 2.49. The lowest BCUT2D eigenvalue weighted by Crippen LogP contribution is -2.43. The largest absolute Gasteiger partial charge is 0.573 e. The molecule has 1 fully saturated rings. The van der Waals surface area contributed by atoms with Gasteiger partial charge in [0.15, 0.2) is 11.5 Å². The van der Waals surface area contributed by atoms with Gasteiger partial charge in [-0.3, -0.25) is 14.5 Å². The van der Waals surface area contributed by atoms with Gasteiger partial charge in [0.05, 0.1) is 0 Å². The average molecular weight is 465 g/mol.